The molecule has 0 bridgehead atoms. The van der Waals surface area contributed by atoms with Crippen molar-refractivity contribution in [3.63, 3.8) is 0 Å². The highest BCUT2D eigenvalue weighted by Crippen LogP contribution is 2.29. The van der Waals surface area contributed by atoms with Gasteiger partial charge in [0, 0.05) is 18.2 Å². The van der Waals surface area contributed by atoms with Crippen LogP contribution >= 0.6 is 0 Å². The minimum Gasteiger partial charge on any atom is -0.468 e. The fraction of sp³-hybridized carbons (Fsp3) is 0.462. The van der Waals surface area contributed by atoms with Crippen molar-refractivity contribution < 1.29 is 13.7 Å². The lowest BCUT2D eigenvalue weighted by Crippen LogP contribution is -2.41. The van der Waals surface area contributed by atoms with E-state index in [2.05, 4.69) is 40.5 Å². The standard InChI is InChI=1S/C26H31N3O3/c1-18-10-12-29(13-11-18)23(24-7-4-14-31-24)17-27-26(30)22-16-25(32-28-22)21-9-8-19-5-2-3-6-20(19)15-21/h4,7-9,14-16,18,23H,2-3,5-6,10-13,17H2,1H3,(H,27,30). The summed E-state index contributed by atoms with van der Waals surface area (Å²) >= 11 is 0. The van der Waals surface area contributed by atoms with E-state index in [-0.39, 0.29) is 11.9 Å². The first-order valence-corrected chi connectivity index (χ1v) is 11.8. The number of hydrogen-bond donors (Lipinski definition) is 1. The van der Waals surface area contributed by atoms with Gasteiger partial charge in [0.15, 0.2) is 11.5 Å². The van der Waals surface area contributed by atoms with Crippen LogP contribution in [0, 0.1) is 5.92 Å². The lowest BCUT2D eigenvalue weighted by Gasteiger charge is -2.35. The first-order chi connectivity index (χ1) is 15.7. The third kappa shape index (κ3) is 4.51. The third-order valence-electron chi connectivity index (χ3n) is 6.96. The molecule has 0 radical (unpaired) electrons. The fourth-order valence-electron chi connectivity index (χ4n) is 4.92. The molecular weight excluding hydrogens is 402 g/mol. The number of nitrogens with zero attached hydrogens (tertiary/aromatic N) is 2. The van der Waals surface area contributed by atoms with Crippen LogP contribution in [-0.2, 0) is 12.8 Å². The highest BCUT2D eigenvalue weighted by molar-refractivity contribution is 5.93. The summed E-state index contributed by atoms with van der Waals surface area (Å²) in [5, 5.41) is 7.09. The van der Waals surface area contributed by atoms with E-state index in [1.165, 1.54) is 36.8 Å². The van der Waals surface area contributed by atoms with Crippen molar-refractivity contribution in [2.45, 2.75) is 51.5 Å². The molecule has 1 unspecified atom stereocenters. The number of carbonyl (C=O) groups is 1. The average molecular weight is 434 g/mol. The maximum atomic E-state index is 12.8. The van der Waals surface area contributed by atoms with Crippen LogP contribution in [0.1, 0.15) is 66.0 Å². The van der Waals surface area contributed by atoms with Gasteiger partial charge in [-0.25, -0.2) is 0 Å². The molecule has 1 aliphatic heterocycles. The number of amides is 1. The highest BCUT2D eigenvalue weighted by atomic mass is 16.5. The zero-order valence-corrected chi connectivity index (χ0v) is 18.7. The van der Waals surface area contributed by atoms with Gasteiger partial charge < -0.3 is 14.3 Å². The Kier molecular flexibility index (Phi) is 6.12. The molecule has 6 heteroatoms. The van der Waals surface area contributed by atoms with Crippen LogP contribution in [0.2, 0.25) is 0 Å². The van der Waals surface area contributed by atoms with Crippen molar-refractivity contribution >= 4 is 5.91 Å². The Bertz CT molecular complexity index is 1050. The number of benzene rings is 1. The predicted molar refractivity (Wildman–Crippen MR) is 122 cm³/mol. The predicted octanol–water partition coefficient (Wildman–Crippen LogP) is 5.02. The van der Waals surface area contributed by atoms with Gasteiger partial charge in [0.1, 0.15) is 5.76 Å². The molecule has 1 atom stereocenters. The summed E-state index contributed by atoms with van der Waals surface area (Å²) in [5.41, 5.74) is 4.10. The molecular formula is C26H31N3O3. The molecule has 32 heavy (non-hydrogen) atoms. The second-order valence-electron chi connectivity index (χ2n) is 9.23. The number of fused-ring (bicyclic) bond motifs is 1. The number of piperidine rings is 1. The summed E-state index contributed by atoms with van der Waals surface area (Å²) in [6.07, 6.45) is 8.76. The number of nitrogens with one attached hydrogen (secondary N) is 1. The zero-order valence-electron chi connectivity index (χ0n) is 18.7. The Morgan fingerprint density at radius 3 is 2.75 bits per heavy atom. The second kappa shape index (κ2) is 9.33. The van der Waals surface area contributed by atoms with Crippen molar-refractivity contribution in [3.8, 4) is 11.3 Å². The number of furan rings is 1. The number of aryl methyl sites for hydroxylation is 2. The Morgan fingerprint density at radius 2 is 1.97 bits per heavy atom. The van der Waals surface area contributed by atoms with Gasteiger partial charge in [0.2, 0.25) is 0 Å². The molecule has 5 rings (SSSR count). The largest absolute Gasteiger partial charge is 0.468 e. The molecule has 1 aliphatic carbocycles. The van der Waals surface area contributed by atoms with Crippen molar-refractivity contribution in [1.82, 2.24) is 15.4 Å². The number of rotatable bonds is 6. The fourth-order valence-corrected chi connectivity index (χ4v) is 4.92. The van der Waals surface area contributed by atoms with Gasteiger partial charge in [-0.3, -0.25) is 9.69 Å². The van der Waals surface area contributed by atoms with Crippen LogP contribution in [0.3, 0.4) is 0 Å². The summed E-state index contributed by atoms with van der Waals surface area (Å²) in [7, 11) is 0. The van der Waals surface area contributed by atoms with Gasteiger partial charge in [-0.2, -0.15) is 0 Å². The van der Waals surface area contributed by atoms with Gasteiger partial charge in [0.25, 0.3) is 5.91 Å². The van der Waals surface area contributed by atoms with Gasteiger partial charge in [0.05, 0.1) is 12.3 Å². The smallest absolute Gasteiger partial charge is 0.273 e. The van der Waals surface area contributed by atoms with Crippen molar-refractivity contribution in [1.29, 1.82) is 0 Å². The van der Waals surface area contributed by atoms with Crippen molar-refractivity contribution in [2.24, 2.45) is 5.92 Å². The van der Waals surface area contributed by atoms with E-state index in [0.717, 1.165) is 43.2 Å². The Morgan fingerprint density at radius 1 is 1.16 bits per heavy atom. The first-order valence-electron chi connectivity index (χ1n) is 11.8. The van der Waals surface area contributed by atoms with Gasteiger partial charge in [-0.05, 0) is 86.9 Å². The quantitative estimate of drug-likeness (QED) is 0.591. The molecule has 1 fully saturated rings. The molecule has 2 aromatic heterocycles. The van der Waals surface area contributed by atoms with Crippen LogP contribution < -0.4 is 5.32 Å². The maximum absolute atomic E-state index is 12.8. The van der Waals surface area contributed by atoms with Gasteiger partial charge >= 0.3 is 0 Å². The summed E-state index contributed by atoms with van der Waals surface area (Å²) < 4.78 is 11.2. The third-order valence-corrected chi connectivity index (χ3v) is 6.96. The van der Waals surface area contributed by atoms with Crippen LogP contribution in [-0.4, -0.2) is 35.6 Å². The number of aromatic nitrogens is 1. The van der Waals surface area contributed by atoms with E-state index in [9.17, 15) is 4.79 Å². The molecule has 3 heterocycles. The van der Waals surface area contributed by atoms with Gasteiger partial charge in [-0.15, -0.1) is 0 Å². The lowest BCUT2D eigenvalue weighted by molar-refractivity contribution is 0.0887. The maximum Gasteiger partial charge on any atom is 0.273 e. The van der Waals surface area contributed by atoms with E-state index in [4.69, 9.17) is 8.94 Å². The summed E-state index contributed by atoms with van der Waals surface area (Å²) in [4.78, 5) is 15.3. The van der Waals surface area contributed by atoms with Crippen LogP contribution in [0.25, 0.3) is 11.3 Å². The normalized spacial score (nSPS) is 18.3. The second-order valence-corrected chi connectivity index (χ2v) is 9.23. The first kappa shape index (κ1) is 21.0. The molecule has 0 saturated carbocycles. The molecule has 1 aromatic carbocycles. The van der Waals surface area contributed by atoms with Crippen molar-refractivity contribution in [2.75, 3.05) is 19.6 Å². The van der Waals surface area contributed by atoms with E-state index in [0.29, 0.717) is 18.0 Å². The molecule has 1 saturated heterocycles. The Hall–Kier alpha value is -2.86. The average Bonchev–Trinajstić information content (AvgIpc) is 3.53. The minimum atomic E-state index is -0.222. The summed E-state index contributed by atoms with van der Waals surface area (Å²) in [6.45, 7) is 4.79. The zero-order chi connectivity index (χ0) is 21.9. The monoisotopic (exact) mass is 433 g/mol. The van der Waals surface area contributed by atoms with Gasteiger partial charge in [-0.1, -0.05) is 24.2 Å². The summed E-state index contributed by atoms with van der Waals surface area (Å²) in [6, 6.07) is 12.1. The van der Waals surface area contributed by atoms with E-state index in [1.54, 1.807) is 12.3 Å². The van der Waals surface area contributed by atoms with Crippen LogP contribution in [0.5, 0.6) is 0 Å². The molecule has 2 aliphatic rings. The lowest BCUT2D eigenvalue weighted by atomic mass is 9.90. The summed E-state index contributed by atoms with van der Waals surface area (Å²) in [5.74, 6) is 2.04. The van der Waals surface area contributed by atoms with E-state index < -0.39 is 0 Å². The van der Waals surface area contributed by atoms with E-state index >= 15 is 0 Å². The topological polar surface area (TPSA) is 71.5 Å². The highest BCUT2D eigenvalue weighted by Gasteiger charge is 2.27. The molecule has 168 valence electrons. The molecule has 3 aromatic rings. The number of likely N-dealkylation sites (tertiary alicyclic amines) is 1. The van der Waals surface area contributed by atoms with Crippen LogP contribution in [0.4, 0.5) is 0 Å². The number of hydrogen-bond acceptors (Lipinski definition) is 5. The minimum absolute atomic E-state index is 0.0217. The molecule has 0 spiro atoms. The molecule has 6 nitrogen and oxygen atoms in total. The Labute approximate surface area is 189 Å². The molecule has 1 amide bonds. The SMILES string of the molecule is CC1CCN(C(CNC(=O)c2cc(-c3ccc4c(c3)CCCC4)on2)c2ccco2)CC1. The van der Waals surface area contributed by atoms with E-state index in [1.807, 2.05) is 12.1 Å². The van der Waals surface area contributed by atoms with Crippen molar-refractivity contribution in [3.05, 3.63) is 65.2 Å². The van der Waals surface area contributed by atoms with Crippen LogP contribution in [0.15, 0.2) is 51.6 Å². The Balaban J connectivity index is 1.26. The number of carbonyl (C=O) groups excluding carboxylic acids is 1. The molecule has 1 N–H and O–H groups in total.